The van der Waals surface area contributed by atoms with E-state index in [-0.39, 0.29) is 11.7 Å². The molecule has 2 aromatic rings. The van der Waals surface area contributed by atoms with Gasteiger partial charge in [-0.15, -0.1) is 5.10 Å². The molecule has 2 N–H and O–H groups in total. The Morgan fingerprint density at radius 3 is 2.83 bits per heavy atom. The Balaban J connectivity index is 2.18. The summed E-state index contributed by atoms with van der Waals surface area (Å²) in [6.07, 6.45) is 0. The number of rotatable bonds is 3. The summed E-state index contributed by atoms with van der Waals surface area (Å²) >= 11 is 3.34. The van der Waals surface area contributed by atoms with Crippen LogP contribution >= 0.6 is 15.9 Å². The zero-order valence-electron chi connectivity index (χ0n) is 9.82. The summed E-state index contributed by atoms with van der Waals surface area (Å²) in [4.78, 5) is 15.8. The second-order valence-corrected chi connectivity index (χ2v) is 4.49. The van der Waals surface area contributed by atoms with Crippen LogP contribution in [0.5, 0.6) is 5.75 Å². The molecule has 0 aliphatic heterocycles. The van der Waals surface area contributed by atoms with E-state index in [0.29, 0.717) is 17.3 Å². The number of nitrogens with zero attached hydrogens (tertiary/aromatic N) is 2. The van der Waals surface area contributed by atoms with E-state index < -0.39 is 0 Å². The summed E-state index contributed by atoms with van der Waals surface area (Å²) in [6, 6.07) is 5.27. The molecular formula is C11H11BrN4O2. The molecule has 6 nitrogen and oxygen atoms in total. The number of nitrogens with one attached hydrogen (secondary N) is 2. The normalized spacial score (nSPS) is 10.2. The van der Waals surface area contributed by atoms with Gasteiger partial charge < -0.3 is 10.1 Å². The molecule has 0 unspecified atom stereocenters. The summed E-state index contributed by atoms with van der Waals surface area (Å²) in [6.45, 7) is 1.73. The third kappa shape index (κ3) is 2.86. The molecule has 0 aliphatic rings. The summed E-state index contributed by atoms with van der Waals surface area (Å²) in [5.74, 6) is 0.962. The summed E-state index contributed by atoms with van der Waals surface area (Å²) in [7, 11) is 1.56. The molecule has 0 fully saturated rings. The minimum atomic E-state index is -0.375. The molecule has 94 valence electrons. The van der Waals surface area contributed by atoms with E-state index in [0.717, 1.165) is 4.47 Å². The Morgan fingerprint density at radius 1 is 1.44 bits per heavy atom. The number of carbonyl (C=O) groups is 1. The minimum absolute atomic E-state index is 0.103. The number of hydrogen-bond acceptors (Lipinski definition) is 4. The van der Waals surface area contributed by atoms with Gasteiger partial charge in [-0.1, -0.05) is 15.9 Å². The first kappa shape index (κ1) is 12.6. The van der Waals surface area contributed by atoms with Crippen LogP contribution in [0, 0.1) is 6.92 Å². The number of hydrogen-bond donors (Lipinski definition) is 2. The monoisotopic (exact) mass is 310 g/mol. The fourth-order valence-corrected chi connectivity index (χ4v) is 1.86. The number of anilines is 1. The van der Waals surface area contributed by atoms with Crippen molar-refractivity contribution in [1.29, 1.82) is 0 Å². The van der Waals surface area contributed by atoms with Crippen molar-refractivity contribution in [3.63, 3.8) is 0 Å². The maximum absolute atomic E-state index is 11.8. The van der Waals surface area contributed by atoms with Gasteiger partial charge in [-0.25, -0.2) is 4.98 Å². The van der Waals surface area contributed by atoms with Gasteiger partial charge in [0.25, 0.3) is 5.91 Å². The van der Waals surface area contributed by atoms with Gasteiger partial charge in [-0.2, -0.15) is 0 Å². The van der Waals surface area contributed by atoms with Crippen molar-refractivity contribution >= 4 is 27.5 Å². The average molecular weight is 311 g/mol. The van der Waals surface area contributed by atoms with Crippen LogP contribution < -0.4 is 10.1 Å². The number of aryl methyl sites for hydroxylation is 1. The molecule has 2 rings (SSSR count). The van der Waals surface area contributed by atoms with Crippen molar-refractivity contribution in [3.05, 3.63) is 34.3 Å². The lowest BCUT2D eigenvalue weighted by Gasteiger charge is -2.06. The van der Waals surface area contributed by atoms with Crippen LogP contribution in [-0.4, -0.2) is 28.2 Å². The van der Waals surface area contributed by atoms with Crippen LogP contribution in [0.15, 0.2) is 22.7 Å². The van der Waals surface area contributed by atoms with Gasteiger partial charge in [0, 0.05) is 16.2 Å². The molecule has 0 atom stereocenters. The van der Waals surface area contributed by atoms with Gasteiger partial charge in [0.05, 0.1) is 7.11 Å². The van der Waals surface area contributed by atoms with Crippen molar-refractivity contribution < 1.29 is 9.53 Å². The van der Waals surface area contributed by atoms with Crippen molar-refractivity contribution in [2.45, 2.75) is 6.92 Å². The molecule has 1 aromatic heterocycles. The Hall–Kier alpha value is -1.89. The van der Waals surface area contributed by atoms with Gasteiger partial charge >= 0.3 is 0 Å². The first-order valence-corrected chi connectivity index (χ1v) is 5.92. The molecule has 0 saturated carbocycles. The van der Waals surface area contributed by atoms with Crippen LogP contribution in [0.25, 0.3) is 0 Å². The number of carbonyl (C=O) groups excluding carboxylic acids is 1. The molecule has 0 aliphatic carbocycles. The quantitative estimate of drug-likeness (QED) is 0.910. The Bertz CT molecular complexity index is 582. The third-order valence-electron chi connectivity index (χ3n) is 2.17. The molecule has 0 bridgehead atoms. The number of H-pyrrole nitrogens is 1. The lowest BCUT2D eigenvalue weighted by Crippen LogP contribution is -2.13. The van der Waals surface area contributed by atoms with Gasteiger partial charge in [0.2, 0.25) is 5.82 Å². The van der Waals surface area contributed by atoms with Crippen molar-refractivity contribution in [3.8, 4) is 5.75 Å². The highest BCUT2D eigenvalue weighted by Gasteiger charge is 2.12. The molecule has 7 heteroatoms. The van der Waals surface area contributed by atoms with E-state index in [1.165, 1.54) is 0 Å². The molecule has 1 amide bonds. The van der Waals surface area contributed by atoms with Crippen LogP contribution in [0.3, 0.4) is 0 Å². The lowest BCUT2D eigenvalue weighted by atomic mass is 10.3. The lowest BCUT2D eigenvalue weighted by molar-refractivity contribution is 0.101. The zero-order valence-corrected chi connectivity index (χ0v) is 11.4. The van der Waals surface area contributed by atoms with Gasteiger partial charge in [0.1, 0.15) is 11.6 Å². The van der Waals surface area contributed by atoms with Crippen LogP contribution in [0.2, 0.25) is 0 Å². The van der Waals surface area contributed by atoms with Crippen molar-refractivity contribution in [2.75, 3.05) is 12.4 Å². The molecule has 18 heavy (non-hydrogen) atoms. The fraction of sp³-hybridized carbons (Fsp3) is 0.182. The van der Waals surface area contributed by atoms with E-state index in [2.05, 4.69) is 36.4 Å². The van der Waals surface area contributed by atoms with E-state index in [1.54, 1.807) is 32.2 Å². The standard InChI is InChI=1S/C11H11BrN4O2/c1-6-13-10(16-15-6)11(17)14-8-3-7(12)4-9(5-8)18-2/h3-5H,1-2H3,(H,14,17)(H,13,15,16). The smallest absolute Gasteiger partial charge is 0.295 e. The molecule has 0 saturated heterocycles. The summed E-state index contributed by atoms with van der Waals surface area (Å²) in [5, 5.41) is 9.09. The molecular weight excluding hydrogens is 300 g/mol. The van der Waals surface area contributed by atoms with E-state index in [9.17, 15) is 4.79 Å². The third-order valence-corrected chi connectivity index (χ3v) is 2.62. The number of aromatic amines is 1. The zero-order chi connectivity index (χ0) is 13.1. The number of halogens is 1. The Kier molecular flexibility index (Phi) is 3.61. The van der Waals surface area contributed by atoms with E-state index in [4.69, 9.17) is 4.74 Å². The van der Waals surface area contributed by atoms with Crippen LogP contribution in [0.1, 0.15) is 16.4 Å². The van der Waals surface area contributed by atoms with Gasteiger partial charge in [0.15, 0.2) is 0 Å². The number of ether oxygens (including phenoxy) is 1. The number of amides is 1. The highest BCUT2D eigenvalue weighted by Crippen LogP contribution is 2.24. The highest BCUT2D eigenvalue weighted by atomic mass is 79.9. The van der Waals surface area contributed by atoms with E-state index >= 15 is 0 Å². The second-order valence-electron chi connectivity index (χ2n) is 3.58. The van der Waals surface area contributed by atoms with Crippen molar-refractivity contribution in [1.82, 2.24) is 15.2 Å². The maximum atomic E-state index is 11.8. The second kappa shape index (κ2) is 5.18. The summed E-state index contributed by atoms with van der Waals surface area (Å²) < 4.78 is 5.92. The number of benzene rings is 1. The predicted octanol–water partition coefficient (Wildman–Crippen LogP) is 2.14. The average Bonchev–Trinajstić information content (AvgIpc) is 2.75. The summed E-state index contributed by atoms with van der Waals surface area (Å²) in [5.41, 5.74) is 0.605. The predicted molar refractivity (Wildman–Crippen MR) is 69.8 cm³/mol. The van der Waals surface area contributed by atoms with Gasteiger partial charge in [-0.05, 0) is 19.1 Å². The van der Waals surface area contributed by atoms with Crippen LogP contribution in [-0.2, 0) is 0 Å². The van der Waals surface area contributed by atoms with Crippen LogP contribution in [0.4, 0.5) is 5.69 Å². The first-order chi connectivity index (χ1) is 8.58. The highest BCUT2D eigenvalue weighted by molar-refractivity contribution is 9.10. The fourth-order valence-electron chi connectivity index (χ4n) is 1.38. The number of aromatic nitrogens is 3. The van der Waals surface area contributed by atoms with Crippen molar-refractivity contribution in [2.24, 2.45) is 0 Å². The van der Waals surface area contributed by atoms with E-state index in [1.807, 2.05) is 0 Å². The largest absolute Gasteiger partial charge is 0.497 e. The Labute approximate surface area is 112 Å². The molecule has 1 aromatic carbocycles. The maximum Gasteiger partial charge on any atom is 0.295 e. The number of methoxy groups -OCH3 is 1. The molecule has 0 spiro atoms. The Morgan fingerprint density at radius 2 is 2.22 bits per heavy atom. The SMILES string of the molecule is COc1cc(Br)cc(NC(=O)c2n[nH]c(C)n2)c1. The topological polar surface area (TPSA) is 79.9 Å². The molecule has 0 radical (unpaired) electrons. The minimum Gasteiger partial charge on any atom is -0.497 e. The van der Waals surface area contributed by atoms with Gasteiger partial charge in [-0.3, -0.25) is 9.89 Å². The first-order valence-electron chi connectivity index (χ1n) is 5.13. The molecule has 1 heterocycles.